The molecule has 65 heavy (non-hydrogen) atoms. The number of anilines is 2. The molecule has 2 fully saturated rings. The van der Waals surface area contributed by atoms with E-state index >= 15 is 4.79 Å². The Morgan fingerprint density at radius 3 is 2.17 bits per heavy atom. The largest absolute Gasteiger partial charge is 0.501 e. The summed E-state index contributed by atoms with van der Waals surface area (Å²) in [5, 5.41) is 6.02. The molecule has 4 aromatic carbocycles. The molecule has 3 aliphatic rings. The number of thioether (sulfide) groups is 1. The van der Waals surface area contributed by atoms with Gasteiger partial charge in [0.15, 0.2) is 0 Å². The van der Waals surface area contributed by atoms with Gasteiger partial charge in [-0.3, -0.25) is 14.6 Å². The van der Waals surface area contributed by atoms with Gasteiger partial charge in [-0.15, -0.1) is 11.8 Å². The fraction of sp³-hybridized carbons (Fsp3) is 0.426. The molecule has 4 aromatic rings. The van der Waals surface area contributed by atoms with E-state index in [0.29, 0.717) is 43.9 Å². The number of rotatable bonds is 15. The van der Waals surface area contributed by atoms with Crippen LogP contribution in [-0.4, -0.2) is 115 Å². The molecule has 0 radical (unpaired) electrons. The molecule has 0 aromatic heterocycles. The van der Waals surface area contributed by atoms with Gasteiger partial charge < -0.3 is 14.5 Å². The summed E-state index contributed by atoms with van der Waals surface area (Å²) in [7, 11) is -10.9. The van der Waals surface area contributed by atoms with Crippen LogP contribution in [-0.2, 0) is 24.6 Å². The first-order valence-corrected chi connectivity index (χ1v) is 26.0. The van der Waals surface area contributed by atoms with Crippen LogP contribution in [0.4, 0.5) is 24.5 Å². The van der Waals surface area contributed by atoms with Crippen LogP contribution in [0.15, 0.2) is 117 Å². The van der Waals surface area contributed by atoms with E-state index in [0.717, 1.165) is 79.6 Å². The van der Waals surface area contributed by atoms with Crippen LogP contribution in [0.5, 0.6) is 0 Å². The van der Waals surface area contributed by atoms with Gasteiger partial charge in [-0.1, -0.05) is 61.4 Å². The van der Waals surface area contributed by atoms with E-state index in [-0.39, 0.29) is 23.2 Å². The Kier molecular flexibility index (Phi) is 15.5. The second-order valence-electron chi connectivity index (χ2n) is 17.6. The molecule has 1 aliphatic carbocycles. The molecule has 1 amide bonds. The summed E-state index contributed by atoms with van der Waals surface area (Å²) in [5.41, 5.74) is -1.21. The average molecular weight is 975 g/mol. The third kappa shape index (κ3) is 12.2. The first-order chi connectivity index (χ1) is 30.8. The van der Waals surface area contributed by atoms with Gasteiger partial charge in [0.25, 0.3) is 15.7 Å². The topological polar surface area (TPSA) is 134 Å². The van der Waals surface area contributed by atoms with E-state index in [9.17, 15) is 30.0 Å². The molecule has 2 heterocycles. The van der Waals surface area contributed by atoms with Crippen LogP contribution in [0, 0.1) is 5.41 Å². The quantitative estimate of drug-likeness (QED) is 0.116. The molecule has 18 heteroatoms. The number of hydrogen-bond donors (Lipinski definition) is 1. The summed E-state index contributed by atoms with van der Waals surface area (Å²) in [6, 6.07) is 25.5. The molecular weight excluding hydrogens is 919 g/mol. The lowest BCUT2D eigenvalue weighted by Gasteiger charge is -2.39. The molecule has 0 unspecified atom stereocenters. The summed E-state index contributed by atoms with van der Waals surface area (Å²) in [4.78, 5) is 21.5. The van der Waals surface area contributed by atoms with Gasteiger partial charge in [-0.05, 0) is 109 Å². The Morgan fingerprint density at radius 2 is 1.54 bits per heavy atom. The van der Waals surface area contributed by atoms with Crippen molar-refractivity contribution in [2.45, 2.75) is 65.8 Å². The number of piperazine rings is 1. The van der Waals surface area contributed by atoms with E-state index in [1.807, 2.05) is 42.5 Å². The van der Waals surface area contributed by atoms with E-state index in [1.54, 1.807) is 24.3 Å². The van der Waals surface area contributed by atoms with Crippen LogP contribution in [0.3, 0.4) is 0 Å². The highest BCUT2D eigenvalue weighted by atomic mass is 35.5. The SMILES string of the molecule is CC1(C)CCC(c2ccc(Cl)cc2)=C(CN2CCN(c3ccc(C(=O)N(c4ccc(S(N)(=O)=O)cc4S(=O)(=O)C(F)(F)F)[C@H](CCN4CCOCC4)CSc4ccccc4)cc3)CC2)C1. The van der Waals surface area contributed by atoms with Crippen molar-refractivity contribution < 1.29 is 39.5 Å². The Bertz CT molecular complexity index is 2550. The molecule has 2 saturated heterocycles. The number of alkyl halides is 3. The van der Waals surface area contributed by atoms with Crippen molar-refractivity contribution in [3.8, 4) is 0 Å². The minimum Gasteiger partial charge on any atom is -0.379 e. The second kappa shape index (κ2) is 20.5. The lowest BCUT2D eigenvalue weighted by Crippen LogP contribution is -2.47. The molecule has 0 spiro atoms. The third-order valence-electron chi connectivity index (χ3n) is 12.4. The van der Waals surface area contributed by atoms with Crippen LogP contribution in [0.25, 0.3) is 5.57 Å². The molecule has 0 saturated carbocycles. The molecular formula is C47H55ClF3N5O6S3. The fourth-order valence-corrected chi connectivity index (χ4v) is 11.6. The summed E-state index contributed by atoms with van der Waals surface area (Å²) in [5.74, 6) is -0.579. The van der Waals surface area contributed by atoms with E-state index < -0.39 is 52.8 Å². The van der Waals surface area contributed by atoms with Crippen LogP contribution < -0.4 is 14.9 Å². The normalized spacial score (nSPS) is 18.4. The highest BCUT2D eigenvalue weighted by Gasteiger charge is 2.49. The summed E-state index contributed by atoms with van der Waals surface area (Å²) in [6.45, 7) is 11.1. The number of morpholine rings is 1. The van der Waals surface area contributed by atoms with Crippen LogP contribution in [0.1, 0.15) is 55.5 Å². The Balaban J connectivity index is 1.18. The highest BCUT2D eigenvalue weighted by Crippen LogP contribution is 2.43. The van der Waals surface area contributed by atoms with Crippen molar-refractivity contribution in [3.05, 3.63) is 119 Å². The lowest BCUT2D eigenvalue weighted by atomic mass is 9.73. The van der Waals surface area contributed by atoms with Gasteiger partial charge >= 0.3 is 5.51 Å². The van der Waals surface area contributed by atoms with Crippen molar-refractivity contribution in [2.24, 2.45) is 10.6 Å². The molecule has 7 rings (SSSR count). The zero-order valence-corrected chi connectivity index (χ0v) is 39.7. The third-order valence-corrected chi connectivity index (χ3v) is 16.2. The smallest absolute Gasteiger partial charge is 0.379 e. The predicted octanol–water partition coefficient (Wildman–Crippen LogP) is 8.60. The maximum atomic E-state index is 15.0. The number of nitrogens with zero attached hydrogens (tertiary/aromatic N) is 4. The molecule has 2 aliphatic heterocycles. The average Bonchev–Trinajstić information content (AvgIpc) is 3.27. The van der Waals surface area contributed by atoms with E-state index in [1.165, 1.54) is 28.5 Å². The Morgan fingerprint density at radius 1 is 0.877 bits per heavy atom. The summed E-state index contributed by atoms with van der Waals surface area (Å²) in [6.07, 6.45) is 3.37. The number of carbonyl (C=O) groups excluding carboxylic acids is 1. The summed E-state index contributed by atoms with van der Waals surface area (Å²) < 4.78 is 100. The number of ether oxygens (including phenoxy) is 1. The van der Waals surface area contributed by atoms with E-state index in [2.05, 4.69) is 40.7 Å². The number of halogens is 4. The Labute approximate surface area is 389 Å². The van der Waals surface area contributed by atoms with Gasteiger partial charge in [0.05, 0.1) is 23.8 Å². The first-order valence-electron chi connectivity index (χ1n) is 21.6. The van der Waals surface area contributed by atoms with Gasteiger partial charge in [0, 0.05) is 85.3 Å². The van der Waals surface area contributed by atoms with Gasteiger partial charge in [0.2, 0.25) is 10.0 Å². The standard InChI is InChI=1S/C47H55ClF3N5O6S3/c1-46(2)20-18-42(34-8-12-37(48)13-9-34)36(31-46)32-54-22-24-55(25-23-54)38-14-10-35(11-15-38)45(57)56(43-17-16-41(65(52,60)61)30-44(43)64(58,59)47(49,50)51)39(19-21-53-26-28-62-29-27-53)33-63-40-6-4-3-5-7-40/h3-17,30,39H,18-29,31-33H2,1-2H3,(H2,52,60,61)/t39-/m1/s1. The Hall–Kier alpha value is -3.94. The van der Waals surface area contributed by atoms with Crippen molar-refractivity contribution in [1.82, 2.24) is 9.80 Å². The minimum atomic E-state index is -6.21. The first kappa shape index (κ1) is 49.0. The van der Waals surface area contributed by atoms with E-state index in [4.69, 9.17) is 21.5 Å². The number of carbonyl (C=O) groups is 1. The number of benzene rings is 4. The zero-order chi connectivity index (χ0) is 46.6. The predicted molar refractivity (Wildman–Crippen MR) is 252 cm³/mol. The number of sulfone groups is 1. The molecule has 1 atom stereocenters. The minimum absolute atomic E-state index is 0.112. The van der Waals surface area contributed by atoms with Gasteiger partial charge in [-0.2, -0.15) is 13.2 Å². The fourth-order valence-electron chi connectivity index (χ4n) is 8.79. The van der Waals surface area contributed by atoms with Crippen molar-refractivity contribution in [1.29, 1.82) is 0 Å². The van der Waals surface area contributed by atoms with Crippen LogP contribution in [0.2, 0.25) is 5.02 Å². The number of primary sulfonamides is 1. The molecule has 350 valence electrons. The molecule has 2 N–H and O–H groups in total. The maximum Gasteiger partial charge on any atom is 0.501 e. The van der Waals surface area contributed by atoms with Crippen LogP contribution >= 0.6 is 23.4 Å². The second-order valence-corrected chi connectivity index (χ2v) is 22.6. The highest BCUT2D eigenvalue weighted by molar-refractivity contribution is 7.99. The molecule has 0 bridgehead atoms. The van der Waals surface area contributed by atoms with Crippen molar-refractivity contribution in [3.63, 3.8) is 0 Å². The van der Waals surface area contributed by atoms with Gasteiger partial charge in [-0.25, -0.2) is 22.0 Å². The number of hydrogen-bond acceptors (Lipinski definition) is 10. The summed E-state index contributed by atoms with van der Waals surface area (Å²) >= 11 is 7.58. The zero-order valence-electron chi connectivity index (χ0n) is 36.5. The monoisotopic (exact) mass is 973 g/mol. The number of sulfonamides is 1. The molecule has 11 nitrogen and oxygen atoms in total. The van der Waals surface area contributed by atoms with Gasteiger partial charge in [0.1, 0.15) is 4.90 Å². The van der Waals surface area contributed by atoms with Crippen molar-refractivity contribution in [2.75, 3.05) is 81.1 Å². The lowest BCUT2D eigenvalue weighted by molar-refractivity contribution is -0.0436. The van der Waals surface area contributed by atoms with Crippen molar-refractivity contribution >= 4 is 66.1 Å². The number of nitrogens with two attached hydrogens (primary N) is 1. The maximum absolute atomic E-state index is 15.0. The number of amides is 1. The number of allylic oxidation sites excluding steroid dienone is 1.